The van der Waals surface area contributed by atoms with Crippen molar-refractivity contribution in [3.63, 3.8) is 0 Å². The lowest BCUT2D eigenvalue weighted by atomic mass is 10.3. The second-order valence-corrected chi connectivity index (χ2v) is 4.86. The number of alkyl halides is 3. The van der Waals surface area contributed by atoms with Gasteiger partial charge in [-0.1, -0.05) is 0 Å². The summed E-state index contributed by atoms with van der Waals surface area (Å²) >= 11 is 3.38. The largest absolute Gasteiger partial charge is 0.344 e. The number of hydrogen-bond donors (Lipinski definition) is 1. The van der Waals surface area contributed by atoms with Gasteiger partial charge in [-0.2, -0.15) is 8.78 Å². The van der Waals surface area contributed by atoms with E-state index in [1.165, 1.54) is 11.3 Å². The van der Waals surface area contributed by atoms with Crippen LogP contribution >= 0.6 is 27.3 Å². The molecule has 0 aliphatic heterocycles. The molecule has 6 heteroatoms. The van der Waals surface area contributed by atoms with Crippen molar-refractivity contribution in [2.45, 2.75) is 11.8 Å². The van der Waals surface area contributed by atoms with Gasteiger partial charge in [-0.15, -0.1) is 11.3 Å². The second-order valence-electron chi connectivity index (χ2n) is 2.79. The topological polar surface area (TPSA) is 29.1 Å². The van der Waals surface area contributed by atoms with Crippen LogP contribution in [0.5, 0.6) is 0 Å². The van der Waals surface area contributed by atoms with E-state index in [0.717, 1.165) is 5.56 Å². The number of amides is 1. The van der Waals surface area contributed by atoms with E-state index < -0.39 is 17.3 Å². The van der Waals surface area contributed by atoms with E-state index in [2.05, 4.69) is 21.2 Å². The molecule has 14 heavy (non-hydrogen) atoms. The Morgan fingerprint density at radius 3 is 2.79 bits per heavy atom. The molecule has 0 aliphatic rings. The first-order valence-electron chi connectivity index (χ1n) is 3.78. The Labute approximate surface area is 92.4 Å². The van der Waals surface area contributed by atoms with Gasteiger partial charge in [-0.3, -0.25) is 4.79 Å². The smallest absolute Gasteiger partial charge is 0.318 e. The van der Waals surface area contributed by atoms with Crippen molar-refractivity contribution in [1.29, 1.82) is 0 Å². The van der Waals surface area contributed by atoms with Crippen molar-refractivity contribution in [3.05, 3.63) is 21.9 Å². The van der Waals surface area contributed by atoms with Crippen LogP contribution in [-0.2, 0) is 0 Å². The molecule has 1 rings (SSSR count). The van der Waals surface area contributed by atoms with E-state index in [1.807, 2.05) is 6.92 Å². The Hall–Kier alpha value is -0.490. The van der Waals surface area contributed by atoms with Crippen molar-refractivity contribution in [1.82, 2.24) is 5.32 Å². The number of carbonyl (C=O) groups is 1. The summed E-state index contributed by atoms with van der Waals surface area (Å²) in [5.74, 6) is -0.470. The lowest BCUT2D eigenvalue weighted by Gasteiger charge is -2.08. The number of carbonyl (C=O) groups excluding carboxylic acids is 1. The van der Waals surface area contributed by atoms with Crippen molar-refractivity contribution in [3.8, 4) is 0 Å². The van der Waals surface area contributed by atoms with Crippen LogP contribution in [0.3, 0.4) is 0 Å². The zero-order chi connectivity index (χ0) is 10.8. The molecule has 0 saturated carbocycles. The predicted molar refractivity (Wildman–Crippen MR) is 55.3 cm³/mol. The van der Waals surface area contributed by atoms with Gasteiger partial charge in [-0.25, -0.2) is 0 Å². The summed E-state index contributed by atoms with van der Waals surface area (Å²) in [5.41, 5.74) is 0.950. The molecule has 0 saturated heterocycles. The van der Waals surface area contributed by atoms with E-state index >= 15 is 0 Å². The van der Waals surface area contributed by atoms with Crippen LogP contribution in [0.25, 0.3) is 0 Å². The third-order valence-electron chi connectivity index (χ3n) is 1.40. The molecule has 1 heterocycles. The number of nitrogens with one attached hydrogen (secondary N) is 1. The molecule has 0 radical (unpaired) electrons. The van der Waals surface area contributed by atoms with Gasteiger partial charge in [0, 0.05) is 0 Å². The second kappa shape index (κ2) is 4.35. The van der Waals surface area contributed by atoms with Gasteiger partial charge < -0.3 is 5.32 Å². The molecule has 0 atom stereocenters. The SMILES string of the molecule is Cc1csc(C(=O)NCC(F)(F)Br)c1. The van der Waals surface area contributed by atoms with Crippen LogP contribution in [0.4, 0.5) is 8.78 Å². The number of thiophene rings is 1. The van der Waals surface area contributed by atoms with Gasteiger partial charge in [0.1, 0.15) is 0 Å². The number of halogens is 3. The minimum absolute atomic E-state index is 0.444. The third-order valence-corrected chi connectivity index (χ3v) is 2.73. The minimum atomic E-state index is -3.05. The summed E-state index contributed by atoms with van der Waals surface area (Å²) in [6.07, 6.45) is 0. The van der Waals surface area contributed by atoms with Crippen LogP contribution in [0, 0.1) is 6.92 Å². The fourth-order valence-corrected chi connectivity index (χ4v) is 1.77. The van der Waals surface area contributed by atoms with Crippen LogP contribution in [0.1, 0.15) is 15.2 Å². The third kappa shape index (κ3) is 3.71. The maximum Gasteiger partial charge on any atom is 0.318 e. The lowest BCUT2D eigenvalue weighted by molar-refractivity contribution is 0.0839. The van der Waals surface area contributed by atoms with E-state index in [9.17, 15) is 13.6 Å². The molecule has 0 spiro atoms. The summed E-state index contributed by atoms with van der Waals surface area (Å²) in [5, 5.41) is 3.92. The number of rotatable bonds is 3. The molecule has 0 unspecified atom stereocenters. The van der Waals surface area contributed by atoms with Crippen molar-refractivity contribution in [2.24, 2.45) is 0 Å². The molecule has 1 amide bonds. The summed E-state index contributed by atoms with van der Waals surface area (Å²) in [6, 6.07) is 1.66. The first kappa shape index (κ1) is 11.6. The van der Waals surface area contributed by atoms with E-state index in [4.69, 9.17) is 0 Å². The summed E-state index contributed by atoms with van der Waals surface area (Å²) in [7, 11) is 0. The quantitative estimate of drug-likeness (QED) is 0.850. The molecule has 1 aromatic heterocycles. The zero-order valence-electron chi connectivity index (χ0n) is 7.31. The van der Waals surface area contributed by atoms with Gasteiger partial charge in [0.2, 0.25) is 0 Å². The molecule has 0 fully saturated rings. The molecule has 1 N–H and O–H groups in total. The molecular weight excluding hydrogens is 276 g/mol. The normalized spacial score (nSPS) is 11.4. The molecular formula is C8H8BrF2NOS. The van der Waals surface area contributed by atoms with E-state index in [0.29, 0.717) is 4.88 Å². The molecule has 0 aliphatic carbocycles. The Bertz CT molecular complexity index is 334. The Balaban J connectivity index is 2.52. The van der Waals surface area contributed by atoms with E-state index in [-0.39, 0.29) is 0 Å². The Morgan fingerprint density at radius 1 is 1.71 bits per heavy atom. The molecule has 0 bridgehead atoms. The number of aryl methyl sites for hydroxylation is 1. The maximum absolute atomic E-state index is 12.3. The van der Waals surface area contributed by atoms with E-state index in [1.54, 1.807) is 11.4 Å². The molecule has 78 valence electrons. The van der Waals surface area contributed by atoms with Gasteiger partial charge in [0.05, 0.1) is 11.4 Å². The number of hydrogen-bond acceptors (Lipinski definition) is 2. The molecule has 0 aromatic carbocycles. The highest BCUT2D eigenvalue weighted by Gasteiger charge is 2.24. The van der Waals surface area contributed by atoms with Crippen molar-refractivity contribution < 1.29 is 13.6 Å². The van der Waals surface area contributed by atoms with Crippen LogP contribution < -0.4 is 5.32 Å². The average Bonchev–Trinajstić information content (AvgIpc) is 2.46. The van der Waals surface area contributed by atoms with Gasteiger partial charge in [0.25, 0.3) is 5.91 Å². The summed E-state index contributed by atoms with van der Waals surface area (Å²) in [4.78, 5) is 8.65. The Morgan fingerprint density at radius 2 is 2.36 bits per heavy atom. The summed E-state index contributed by atoms with van der Waals surface area (Å²) in [6.45, 7) is 1.13. The Kier molecular flexibility index (Phi) is 3.60. The predicted octanol–water partition coefficient (Wildman–Crippen LogP) is 2.77. The van der Waals surface area contributed by atoms with Gasteiger partial charge in [0.15, 0.2) is 0 Å². The monoisotopic (exact) mass is 283 g/mol. The van der Waals surface area contributed by atoms with Crippen LogP contribution in [0.2, 0.25) is 0 Å². The van der Waals surface area contributed by atoms with Crippen molar-refractivity contribution >= 4 is 33.2 Å². The van der Waals surface area contributed by atoms with Crippen LogP contribution in [-0.4, -0.2) is 17.3 Å². The average molecular weight is 284 g/mol. The van der Waals surface area contributed by atoms with Crippen LogP contribution in [0.15, 0.2) is 11.4 Å². The first-order valence-corrected chi connectivity index (χ1v) is 5.46. The maximum atomic E-state index is 12.3. The minimum Gasteiger partial charge on any atom is -0.344 e. The highest BCUT2D eigenvalue weighted by Crippen LogP contribution is 2.20. The van der Waals surface area contributed by atoms with Gasteiger partial charge >= 0.3 is 4.83 Å². The highest BCUT2D eigenvalue weighted by molar-refractivity contribution is 9.10. The highest BCUT2D eigenvalue weighted by atomic mass is 79.9. The molecule has 2 nitrogen and oxygen atoms in total. The fraction of sp³-hybridized carbons (Fsp3) is 0.375. The van der Waals surface area contributed by atoms with Crippen molar-refractivity contribution in [2.75, 3.05) is 6.54 Å². The standard InChI is InChI=1S/C8H8BrF2NOS/c1-5-2-6(14-3-5)7(13)12-4-8(9,10)11/h2-3H,4H2,1H3,(H,12,13). The fourth-order valence-electron chi connectivity index (χ4n) is 0.818. The lowest BCUT2D eigenvalue weighted by Crippen LogP contribution is -2.32. The zero-order valence-corrected chi connectivity index (χ0v) is 9.71. The summed E-state index contributed by atoms with van der Waals surface area (Å²) < 4.78 is 24.6. The van der Waals surface area contributed by atoms with Gasteiger partial charge in [-0.05, 0) is 39.9 Å². The molecule has 1 aromatic rings. The first-order chi connectivity index (χ1) is 6.38.